The van der Waals surface area contributed by atoms with E-state index in [-0.39, 0.29) is 45.5 Å². The van der Waals surface area contributed by atoms with E-state index in [1.54, 1.807) is 32.0 Å². The molecule has 0 amide bonds. The van der Waals surface area contributed by atoms with Crippen molar-refractivity contribution in [2.75, 3.05) is 4.72 Å². The van der Waals surface area contributed by atoms with Crippen LogP contribution in [0.4, 0.5) is 10.1 Å². The van der Waals surface area contributed by atoms with Gasteiger partial charge in [0.1, 0.15) is 10.7 Å². The first-order chi connectivity index (χ1) is 16.7. The minimum absolute atomic E-state index is 0.00803. The number of halogens is 1. The second kappa shape index (κ2) is 9.03. The minimum Gasteiger partial charge on any atom is -0.390 e. The van der Waals surface area contributed by atoms with Crippen molar-refractivity contribution < 1.29 is 26.3 Å². The molecule has 0 fully saturated rings. The lowest BCUT2D eigenvalue weighted by Gasteiger charge is -2.33. The van der Waals surface area contributed by atoms with Crippen molar-refractivity contribution in [3.63, 3.8) is 0 Å². The molecular weight excluding hydrogens is 505 g/mol. The predicted octanol–water partition coefficient (Wildman–Crippen LogP) is 3.72. The topological polar surface area (TPSA) is 129 Å². The van der Waals surface area contributed by atoms with Gasteiger partial charge in [-0.05, 0) is 81.8 Å². The van der Waals surface area contributed by atoms with Crippen LogP contribution in [0.25, 0.3) is 0 Å². The predicted molar refractivity (Wildman–Crippen MR) is 132 cm³/mol. The highest BCUT2D eigenvalue weighted by Gasteiger charge is 2.38. The summed E-state index contributed by atoms with van der Waals surface area (Å²) in [5, 5.41) is 19.5. The van der Waals surface area contributed by atoms with E-state index in [0.717, 1.165) is 27.9 Å². The van der Waals surface area contributed by atoms with Gasteiger partial charge >= 0.3 is 0 Å². The number of fused-ring (bicyclic) bond motifs is 1. The summed E-state index contributed by atoms with van der Waals surface area (Å²) in [6, 6.07) is 11.3. The lowest BCUT2D eigenvalue weighted by molar-refractivity contribution is 0.0104. The Bertz CT molecular complexity index is 1580. The largest absolute Gasteiger partial charge is 0.390 e. The van der Waals surface area contributed by atoms with Crippen LogP contribution in [0.1, 0.15) is 42.7 Å². The second-order valence-corrected chi connectivity index (χ2v) is 13.0. The van der Waals surface area contributed by atoms with Gasteiger partial charge in [0.15, 0.2) is 0 Å². The Balaban J connectivity index is 1.86. The third-order valence-electron chi connectivity index (χ3n) is 6.54. The van der Waals surface area contributed by atoms with E-state index >= 15 is 0 Å². The van der Waals surface area contributed by atoms with E-state index in [4.69, 9.17) is 5.26 Å². The molecule has 1 aromatic heterocycles. The summed E-state index contributed by atoms with van der Waals surface area (Å²) < 4.78 is 71.5. The summed E-state index contributed by atoms with van der Waals surface area (Å²) in [6.07, 6.45) is 1.85. The van der Waals surface area contributed by atoms with Crippen molar-refractivity contribution >= 4 is 25.7 Å². The molecule has 0 aliphatic heterocycles. The summed E-state index contributed by atoms with van der Waals surface area (Å²) in [7, 11) is -8.56. The average Bonchev–Trinajstić information content (AvgIpc) is 3.21. The van der Waals surface area contributed by atoms with E-state index < -0.39 is 31.5 Å². The van der Waals surface area contributed by atoms with E-state index in [9.17, 15) is 26.3 Å². The van der Waals surface area contributed by atoms with Gasteiger partial charge in [-0.15, -0.1) is 0 Å². The van der Waals surface area contributed by atoms with Gasteiger partial charge in [0, 0.05) is 11.9 Å². The van der Waals surface area contributed by atoms with Crippen molar-refractivity contribution in [1.29, 1.82) is 5.26 Å². The van der Waals surface area contributed by atoms with E-state index in [2.05, 4.69) is 4.72 Å². The smallest absolute Gasteiger partial charge is 0.267 e. The number of hydrogen-bond donors (Lipinski definition) is 2. The van der Waals surface area contributed by atoms with Gasteiger partial charge in [0.25, 0.3) is 20.0 Å². The molecule has 1 unspecified atom stereocenters. The molecule has 11 heteroatoms. The van der Waals surface area contributed by atoms with E-state index in [1.807, 2.05) is 6.92 Å². The quantitative estimate of drug-likeness (QED) is 0.499. The van der Waals surface area contributed by atoms with Gasteiger partial charge in [-0.2, -0.15) is 5.26 Å². The molecule has 190 valence electrons. The Morgan fingerprint density at radius 2 is 1.81 bits per heavy atom. The van der Waals surface area contributed by atoms with E-state index in [1.165, 1.54) is 18.2 Å². The van der Waals surface area contributed by atoms with Gasteiger partial charge in [-0.3, -0.25) is 4.72 Å². The molecule has 0 bridgehead atoms. The first-order valence-corrected chi connectivity index (χ1v) is 14.2. The van der Waals surface area contributed by atoms with Crippen molar-refractivity contribution in [3.8, 4) is 6.07 Å². The van der Waals surface area contributed by atoms with Crippen LogP contribution in [0.5, 0.6) is 0 Å². The number of nitriles is 1. The van der Waals surface area contributed by atoms with Gasteiger partial charge in [-0.25, -0.2) is 25.2 Å². The monoisotopic (exact) mass is 531 g/mol. The molecule has 1 aliphatic carbocycles. The van der Waals surface area contributed by atoms with Crippen LogP contribution in [0.2, 0.25) is 0 Å². The third kappa shape index (κ3) is 4.76. The van der Waals surface area contributed by atoms with Crippen LogP contribution < -0.4 is 4.72 Å². The Morgan fingerprint density at radius 3 is 2.39 bits per heavy atom. The zero-order chi connectivity index (χ0) is 26.5. The molecule has 2 N–H and O–H groups in total. The number of sulfonamides is 1. The number of aryl methyl sites for hydroxylation is 1. The van der Waals surface area contributed by atoms with Crippen molar-refractivity contribution in [2.24, 2.45) is 5.92 Å². The summed E-state index contributed by atoms with van der Waals surface area (Å²) in [5.74, 6) is -1.23. The number of hydrogen-bond acceptors (Lipinski definition) is 6. The van der Waals surface area contributed by atoms with Crippen LogP contribution in [0, 0.1) is 30.0 Å². The van der Waals surface area contributed by atoms with Crippen molar-refractivity contribution in [1.82, 2.24) is 3.97 Å². The Kier molecular flexibility index (Phi) is 6.49. The molecular formula is C25H26FN3O5S2. The van der Waals surface area contributed by atoms with Crippen LogP contribution in [0.15, 0.2) is 58.5 Å². The molecule has 36 heavy (non-hydrogen) atoms. The molecule has 0 spiro atoms. The summed E-state index contributed by atoms with van der Waals surface area (Å²) in [6.45, 7) is 5.09. The third-order valence-corrected chi connectivity index (χ3v) is 9.67. The molecule has 1 aliphatic rings. The number of nitrogens with zero attached hydrogens (tertiary/aromatic N) is 2. The highest BCUT2D eigenvalue weighted by atomic mass is 32.2. The second-order valence-electron chi connectivity index (χ2n) is 9.54. The van der Waals surface area contributed by atoms with Crippen LogP contribution in [0.3, 0.4) is 0 Å². The zero-order valence-electron chi connectivity index (χ0n) is 20.0. The number of nitrogens with one attached hydrogen (secondary N) is 1. The standard InChI is InChI=1S/C25H26FN3O5S2/c1-16-4-8-19(9-5-16)36(33,34)29-15-24(20-10-7-18(13-23(20)29)25(2,3)30)35(31,32)28-22-11-6-17(14-27)12-21(22)26/h4-6,8-9,11-12,15,18,28,30H,7,10,13H2,1-3H3. The highest BCUT2D eigenvalue weighted by molar-refractivity contribution is 7.93. The lowest BCUT2D eigenvalue weighted by Crippen LogP contribution is -2.36. The molecule has 0 saturated heterocycles. The minimum atomic E-state index is -4.40. The van der Waals surface area contributed by atoms with Crippen LogP contribution in [-0.2, 0) is 32.9 Å². The highest BCUT2D eigenvalue weighted by Crippen LogP contribution is 2.38. The normalized spacial score (nSPS) is 16.3. The number of aromatic nitrogens is 1. The molecule has 3 aromatic rings. The zero-order valence-corrected chi connectivity index (χ0v) is 21.6. The molecule has 1 atom stereocenters. The van der Waals surface area contributed by atoms with Crippen molar-refractivity contribution in [3.05, 3.63) is 76.9 Å². The fourth-order valence-electron chi connectivity index (χ4n) is 4.41. The molecule has 8 nitrogen and oxygen atoms in total. The first-order valence-electron chi connectivity index (χ1n) is 11.2. The van der Waals surface area contributed by atoms with Gasteiger partial charge in [-0.1, -0.05) is 17.7 Å². The Hall–Kier alpha value is -3.20. The molecule has 2 aromatic carbocycles. The summed E-state index contributed by atoms with van der Waals surface area (Å²) >= 11 is 0. The molecule has 4 rings (SSSR count). The van der Waals surface area contributed by atoms with Crippen molar-refractivity contribution in [2.45, 2.75) is 55.4 Å². The SMILES string of the molecule is Cc1ccc(S(=O)(=O)n2cc(S(=O)(=O)Nc3ccc(C#N)cc3F)c3c2CC(C(C)(C)O)CC3)cc1. The Morgan fingerprint density at radius 1 is 1.14 bits per heavy atom. The number of anilines is 1. The Labute approximate surface area is 210 Å². The first kappa shape index (κ1) is 25.9. The van der Waals surface area contributed by atoms with E-state index in [0.29, 0.717) is 12.0 Å². The van der Waals surface area contributed by atoms with Gasteiger partial charge < -0.3 is 5.11 Å². The van der Waals surface area contributed by atoms with Crippen LogP contribution in [-0.4, -0.2) is 31.5 Å². The maximum atomic E-state index is 14.4. The fourth-order valence-corrected chi connectivity index (χ4v) is 7.26. The number of aliphatic hydroxyl groups is 1. The van der Waals surface area contributed by atoms with Gasteiger partial charge in [0.05, 0.1) is 27.8 Å². The van der Waals surface area contributed by atoms with Gasteiger partial charge in [0.2, 0.25) is 0 Å². The summed E-state index contributed by atoms with van der Waals surface area (Å²) in [5.41, 5.74) is 0.0105. The summed E-state index contributed by atoms with van der Waals surface area (Å²) in [4.78, 5) is -0.280. The number of rotatable bonds is 6. The maximum absolute atomic E-state index is 14.4. The van der Waals surface area contributed by atoms with Crippen LogP contribution >= 0.6 is 0 Å². The molecule has 0 saturated carbocycles. The number of benzene rings is 2. The fraction of sp³-hybridized carbons (Fsp3) is 0.320. The average molecular weight is 532 g/mol. The maximum Gasteiger partial charge on any atom is 0.267 e. The molecule has 1 heterocycles. The molecule has 0 radical (unpaired) electrons. The lowest BCUT2D eigenvalue weighted by atomic mass is 9.78.